The molecule has 138 valence electrons. The fourth-order valence-corrected chi connectivity index (χ4v) is 3.84. The highest BCUT2D eigenvalue weighted by atomic mass is 32.1. The standard InChI is InChI=1S/C18H22N4O3S/c1-17(2,12-7-5-4-6-8-12)13-20-21-15(26-13)19-16(25)22-10-9-18(3,11-22)14(23)24/h4-8H,9-11H2,1-3H3,(H,23,24)(H,19,21,25). The van der Waals surface area contributed by atoms with Crippen molar-refractivity contribution in [3.8, 4) is 0 Å². The van der Waals surface area contributed by atoms with Crippen molar-refractivity contribution in [1.29, 1.82) is 0 Å². The summed E-state index contributed by atoms with van der Waals surface area (Å²) in [6, 6.07) is 9.66. The van der Waals surface area contributed by atoms with E-state index in [9.17, 15) is 14.7 Å². The summed E-state index contributed by atoms with van der Waals surface area (Å²) in [6.45, 7) is 6.39. The first-order valence-electron chi connectivity index (χ1n) is 8.41. The maximum absolute atomic E-state index is 12.4. The summed E-state index contributed by atoms with van der Waals surface area (Å²) >= 11 is 1.33. The predicted octanol–water partition coefficient (Wildman–Crippen LogP) is 3.19. The number of nitrogens with zero attached hydrogens (tertiary/aromatic N) is 3. The van der Waals surface area contributed by atoms with Gasteiger partial charge < -0.3 is 10.0 Å². The van der Waals surface area contributed by atoms with Gasteiger partial charge in [0.25, 0.3) is 0 Å². The SMILES string of the molecule is CC1(C(=O)O)CCN(C(=O)Nc2nnc(C(C)(C)c3ccccc3)s2)C1. The van der Waals surface area contributed by atoms with Crippen LogP contribution < -0.4 is 5.32 Å². The Hall–Kier alpha value is -2.48. The maximum Gasteiger partial charge on any atom is 0.323 e. The van der Waals surface area contributed by atoms with Crippen LogP contribution in [0.3, 0.4) is 0 Å². The summed E-state index contributed by atoms with van der Waals surface area (Å²) < 4.78 is 0. The molecule has 0 saturated carbocycles. The molecule has 1 aromatic carbocycles. The lowest BCUT2D eigenvalue weighted by Crippen LogP contribution is -2.37. The van der Waals surface area contributed by atoms with Gasteiger partial charge in [0, 0.05) is 18.5 Å². The summed E-state index contributed by atoms with van der Waals surface area (Å²) in [5.41, 5.74) is -0.0955. The first-order valence-corrected chi connectivity index (χ1v) is 9.23. The number of aromatic nitrogens is 2. The molecule has 0 bridgehead atoms. The van der Waals surface area contributed by atoms with E-state index in [1.165, 1.54) is 16.2 Å². The van der Waals surface area contributed by atoms with E-state index in [-0.39, 0.29) is 18.0 Å². The van der Waals surface area contributed by atoms with E-state index in [0.717, 1.165) is 10.6 Å². The highest BCUT2D eigenvalue weighted by Gasteiger charge is 2.42. The van der Waals surface area contributed by atoms with Gasteiger partial charge in [-0.2, -0.15) is 0 Å². The molecule has 1 aliphatic heterocycles. The van der Waals surface area contributed by atoms with Crippen molar-refractivity contribution in [3.05, 3.63) is 40.9 Å². The molecule has 1 fully saturated rings. The molecular weight excluding hydrogens is 352 g/mol. The molecule has 2 aromatic rings. The first kappa shape index (κ1) is 18.3. The zero-order valence-electron chi connectivity index (χ0n) is 15.0. The molecule has 0 aliphatic carbocycles. The van der Waals surface area contributed by atoms with Crippen LogP contribution in [0.15, 0.2) is 30.3 Å². The molecule has 1 saturated heterocycles. The van der Waals surface area contributed by atoms with Crippen molar-refractivity contribution in [1.82, 2.24) is 15.1 Å². The molecule has 1 aliphatic rings. The Morgan fingerprint density at radius 2 is 1.96 bits per heavy atom. The Labute approximate surface area is 156 Å². The van der Waals surface area contributed by atoms with Gasteiger partial charge in [-0.25, -0.2) is 4.79 Å². The highest BCUT2D eigenvalue weighted by molar-refractivity contribution is 7.15. The van der Waals surface area contributed by atoms with E-state index < -0.39 is 11.4 Å². The van der Waals surface area contributed by atoms with Gasteiger partial charge in [-0.05, 0) is 32.8 Å². The lowest BCUT2D eigenvalue weighted by molar-refractivity contribution is -0.146. The second kappa shape index (κ2) is 6.68. The second-order valence-electron chi connectivity index (χ2n) is 7.37. The van der Waals surface area contributed by atoms with Crippen LogP contribution in [-0.4, -0.2) is 45.3 Å². The molecule has 7 nitrogen and oxygen atoms in total. The number of rotatable bonds is 4. The van der Waals surface area contributed by atoms with Crippen LogP contribution in [0, 0.1) is 5.41 Å². The highest BCUT2D eigenvalue weighted by Crippen LogP contribution is 2.35. The van der Waals surface area contributed by atoms with Gasteiger partial charge in [0.2, 0.25) is 5.13 Å². The number of amides is 2. The van der Waals surface area contributed by atoms with E-state index in [2.05, 4.69) is 29.4 Å². The number of urea groups is 1. The van der Waals surface area contributed by atoms with Gasteiger partial charge in [0.15, 0.2) is 0 Å². The molecule has 1 atom stereocenters. The van der Waals surface area contributed by atoms with Crippen LogP contribution in [0.1, 0.15) is 37.8 Å². The molecule has 2 N–H and O–H groups in total. The Kier molecular flexibility index (Phi) is 4.70. The summed E-state index contributed by atoms with van der Waals surface area (Å²) in [5, 5.41) is 21.6. The number of aliphatic carboxylic acids is 1. The molecule has 26 heavy (non-hydrogen) atoms. The van der Waals surface area contributed by atoms with Gasteiger partial charge in [0.05, 0.1) is 5.41 Å². The van der Waals surface area contributed by atoms with Crippen LogP contribution in [0.5, 0.6) is 0 Å². The largest absolute Gasteiger partial charge is 0.481 e. The average molecular weight is 374 g/mol. The smallest absolute Gasteiger partial charge is 0.323 e. The molecule has 0 radical (unpaired) electrons. The van der Waals surface area contributed by atoms with Crippen LogP contribution in [0.25, 0.3) is 0 Å². The van der Waals surface area contributed by atoms with E-state index in [4.69, 9.17) is 0 Å². The molecule has 0 spiro atoms. The number of hydrogen-bond donors (Lipinski definition) is 2. The van der Waals surface area contributed by atoms with E-state index in [1.54, 1.807) is 6.92 Å². The topological polar surface area (TPSA) is 95.4 Å². The van der Waals surface area contributed by atoms with Crippen molar-refractivity contribution >= 4 is 28.5 Å². The quantitative estimate of drug-likeness (QED) is 0.857. The molecule has 1 unspecified atom stereocenters. The van der Waals surface area contributed by atoms with Crippen LogP contribution in [-0.2, 0) is 10.2 Å². The summed E-state index contributed by atoms with van der Waals surface area (Å²) in [5.74, 6) is -0.879. The number of nitrogens with one attached hydrogen (secondary N) is 1. The summed E-state index contributed by atoms with van der Waals surface area (Å²) in [6.07, 6.45) is 0.443. The third kappa shape index (κ3) is 3.41. The Bertz CT molecular complexity index is 821. The third-order valence-corrected chi connectivity index (χ3v) is 6.11. The van der Waals surface area contributed by atoms with Gasteiger partial charge in [-0.1, -0.05) is 41.7 Å². The molecular formula is C18H22N4O3S. The molecule has 3 rings (SSSR count). The van der Waals surface area contributed by atoms with Gasteiger partial charge in [-0.15, -0.1) is 10.2 Å². The van der Waals surface area contributed by atoms with Crippen molar-refractivity contribution in [2.45, 2.75) is 32.6 Å². The minimum atomic E-state index is -0.890. The lowest BCUT2D eigenvalue weighted by atomic mass is 9.85. The Morgan fingerprint density at radius 3 is 2.58 bits per heavy atom. The Balaban J connectivity index is 1.69. The van der Waals surface area contributed by atoms with Crippen LogP contribution in [0.4, 0.5) is 9.93 Å². The van der Waals surface area contributed by atoms with Gasteiger partial charge >= 0.3 is 12.0 Å². The molecule has 1 aromatic heterocycles. The van der Waals surface area contributed by atoms with Gasteiger partial charge in [-0.3, -0.25) is 10.1 Å². The number of carbonyl (C=O) groups is 2. The van der Waals surface area contributed by atoms with Crippen molar-refractivity contribution < 1.29 is 14.7 Å². The van der Waals surface area contributed by atoms with Crippen molar-refractivity contribution in [2.75, 3.05) is 18.4 Å². The van der Waals surface area contributed by atoms with Gasteiger partial charge in [0.1, 0.15) is 5.01 Å². The number of carbonyl (C=O) groups excluding carboxylic acids is 1. The van der Waals surface area contributed by atoms with E-state index in [1.807, 2.05) is 30.3 Å². The summed E-state index contributed by atoms with van der Waals surface area (Å²) in [7, 11) is 0. The third-order valence-electron chi connectivity index (χ3n) is 4.95. The minimum Gasteiger partial charge on any atom is -0.481 e. The van der Waals surface area contributed by atoms with E-state index in [0.29, 0.717) is 18.1 Å². The monoisotopic (exact) mass is 374 g/mol. The zero-order valence-corrected chi connectivity index (χ0v) is 15.8. The number of carboxylic acids is 1. The Morgan fingerprint density at radius 1 is 1.27 bits per heavy atom. The van der Waals surface area contributed by atoms with E-state index >= 15 is 0 Å². The fraction of sp³-hybridized carbons (Fsp3) is 0.444. The predicted molar refractivity (Wildman–Crippen MR) is 99.4 cm³/mol. The lowest BCUT2D eigenvalue weighted by Gasteiger charge is -2.21. The number of benzene rings is 1. The molecule has 2 heterocycles. The number of anilines is 1. The second-order valence-corrected chi connectivity index (χ2v) is 8.35. The molecule has 2 amide bonds. The zero-order chi connectivity index (χ0) is 18.9. The van der Waals surface area contributed by atoms with Crippen LogP contribution >= 0.6 is 11.3 Å². The number of hydrogen-bond acceptors (Lipinski definition) is 5. The van der Waals surface area contributed by atoms with Crippen LogP contribution in [0.2, 0.25) is 0 Å². The van der Waals surface area contributed by atoms with Crippen molar-refractivity contribution in [2.24, 2.45) is 5.41 Å². The normalized spacial score (nSPS) is 20.2. The summed E-state index contributed by atoms with van der Waals surface area (Å²) in [4.78, 5) is 25.2. The first-order chi connectivity index (χ1) is 12.2. The average Bonchev–Trinajstić information content (AvgIpc) is 3.24. The fourth-order valence-electron chi connectivity index (χ4n) is 2.98. The minimum absolute atomic E-state index is 0.190. The number of likely N-dealkylation sites (tertiary alicyclic amines) is 1. The maximum atomic E-state index is 12.4. The molecule has 8 heteroatoms. The van der Waals surface area contributed by atoms with Crippen molar-refractivity contribution in [3.63, 3.8) is 0 Å². The number of carboxylic acid groups (broad SMARTS) is 1.